The minimum Gasteiger partial charge on any atom is -0.483 e. The number of unbranched alkanes of at least 4 members (excludes halogenated alkanes) is 1. The fourth-order valence-electron chi connectivity index (χ4n) is 2.99. The second-order valence-electron chi connectivity index (χ2n) is 6.71. The summed E-state index contributed by atoms with van der Waals surface area (Å²) in [5.41, 5.74) is 6.55. The molecule has 1 N–H and O–H groups in total. The van der Waals surface area contributed by atoms with Crippen LogP contribution in [0.5, 0.6) is 5.75 Å². The Bertz CT molecular complexity index is 937. The number of hydrazone groups is 1. The molecule has 0 heterocycles. The maximum Gasteiger partial charge on any atom is 0.277 e. The van der Waals surface area contributed by atoms with E-state index in [1.807, 2.05) is 84.9 Å². The predicted molar refractivity (Wildman–Crippen MR) is 118 cm³/mol. The number of nitrogens with zero attached hydrogens (tertiary/aromatic N) is 1. The molecule has 148 valence electrons. The Hall–Kier alpha value is -3.40. The SMILES string of the molecule is CCCC/C(=N\NC(=O)COc1ccccc1-c1ccccc1)c1ccccc1. The number of benzene rings is 3. The molecule has 0 aromatic heterocycles. The van der Waals surface area contributed by atoms with E-state index < -0.39 is 0 Å². The molecular formula is C25H26N2O2. The van der Waals surface area contributed by atoms with Gasteiger partial charge in [0.15, 0.2) is 6.61 Å². The van der Waals surface area contributed by atoms with Crippen molar-refractivity contribution in [1.29, 1.82) is 0 Å². The van der Waals surface area contributed by atoms with Gasteiger partial charge in [-0.3, -0.25) is 4.79 Å². The Morgan fingerprint density at radius 1 is 0.897 bits per heavy atom. The molecule has 29 heavy (non-hydrogen) atoms. The first-order chi connectivity index (χ1) is 14.3. The molecule has 3 aromatic carbocycles. The van der Waals surface area contributed by atoms with Crippen molar-refractivity contribution in [2.24, 2.45) is 5.10 Å². The van der Waals surface area contributed by atoms with Crippen LogP contribution in [0.1, 0.15) is 31.7 Å². The lowest BCUT2D eigenvalue weighted by molar-refractivity contribution is -0.123. The summed E-state index contributed by atoms with van der Waals surface area (Å²) >= 11 is 0. The number of amides is 1. The second-order valence-corrected chi connectivity index (χ2v) is 6.71. The van der Waals surface area contributed by atoms with Crippen molar-refractivity contribution in [3.63, 3.8) is 0 Å². The molecule has 0 unspecified atom stereocenters. The standard InChI is InChI=1S/C25H26N2O2/c1-2-3-17-23(21-14-8-5-9-15-21)26-27-25(28)19-29-24-18-11-10-16-22(24)20-12-6-4-7-13-20/h4-16,18H,2-3,17,19H2,1H3,(H,27,28)/b26-23+. The van der Waals surface area contributed by atoms with E-state index in [-0.39, 0.29) is 12.5 Å². The van der Waals surface area contributed by atoms with E-state index in [9.17, 15) is 4.79 Å². The summed E-state index contributed by atoms with van der Waals surface area (Å²) in [4.78, 5) is 12.3. The normalized spacial score (nSPS) is 11.1. The lowest BCUT2D eigenvalue weighted by Gasteiger charge is -2.11. The summed E-state index contributed by atoms with van der Waals surface area (Å²) < 4.78 is 5.79. The van der Waals surface area contributed by atoms with Gasteiger partial charge in [-0.2, -0.15) is 5.10 Å². The highest BCUT2D eigenvalue weighted by Crippen LogP contribution is 2.29. The molecule has 0 saturated heterocycles. The van der Waals surface area contributed by atoms with Gasteiger partial charge in [-0.05, 0) is 30.0 Å². The number of carbonyl (C=O) groups is 1. The highest BCUT2D eigenvalue weighted by molar-refractivity contribution is 6.01. The van der Waals surface area contributed by atoms with Crippen LogP contribution in [0.4, 0.5) is 0 Å². The number of nitrogens with one attached hydrogen (secondary N) is 1. The first-order valence-electron chi connectivity index (χ1n) is 9.96. The Morgan fingerprint density at radius 3 is 2.28 bits per heavy atom. The Morgan fingerprint density at radius 2 is 1.55 bits per heavy atom. The van der Waals surface area contributed by atoms with E-state index in [0.29, 0.717) is 5.75 Å². The molecule has 0 spiro atoms. The molecule has 4 nitrogen and oxygen atoms in total. The van der Waals surface area contributed by atoms with Crippen molar-refractivity contribution in [1.82, 2.24) is 5.43 Å². The number of carbonyl (C=O) groups excluding carboxylic acids is 1. The third kappa shape index (κ3) is 6.04. The molecule has 0 saturated carbocycles. The van der Waals surface area contributed by atoms with Crippen LogP contribution in [-0.2, 0) is 4.79 Å². The second kappa shape index (κ2) is 10.8. The van der Waals surface area contributed by atoms with Gasteiger partial charge in [-0.1, -0.05) is 92.2 Å². The van der Waals surface area contributed by atoms with E-state index in [0.717, 1.165) is 41.7 Å². The minimum absolute atomic E-state index is 0.0941. The minimum atomic E-state index is -0.280. The molecule has 0 aliphatic heterocycles. The van der Waals surface area contributed by atoms with Gasteiger partial charge in [-0.25, -0.2) is 5.43 Å². The van der Waals surface area contributed by atoms with E-state index in [1.54, 1.807) is 0 Å². The molecule has 0 bridgehead atoms. The van der Waals surface area contributed by atoms with Gasteiger partial charge >= 0.3 is 0 Å². The van der Waals surface area contributed by atoms with Gasteiger partial charge in [0.05, 0.1) is 5.71 Å². The molecule has 0 aliphatic carbocycles. The molecule has 0 aliphatic rings. The van der Waals surface area contributed by atoms with Crippen molar-refractivity contribution >= 4 is 11.6 Å². The van der Waals surface area contributed by atoms with Crippen LogP contribution in [0.3, 0.4) is 0 Å². The van der Waals surface area contributed by atoms with Gasteiger partial charge < -0.3 is 4.74 Å². The summed E-state index contributed by atoms with van der Waals surface area (Å²) in [5.74, 6) is 0.393. The third-order valence-electron chi connectivity index (χ3n) is 4.52. The Balaban J connectivity index is 1.65. The molecule has 3 rings (SSSR count). The van der Waals surface area contributed by atoms with Crippen LogP contribution in [0.2, 0.25) is 0 Å². The summed E-state index contributed by atoms with van der Waals surface area (Å²) in [6.45, 7) is 2.04. The Labute approximate surface area is 172 Å². The van der Waals surface area contributed by atoms with Crippen LogP contribution in [-0.4, -0.2) is 18.2 Å². The topological polar surface area (TPSA) is 50.7 Å². The lowest BCUT2D eigenvalue weighted by atomic mass is 10.1. The molecule has 0 radical (unpaired) electrons. The van der Waals surface area contributed by atoms with E-state index >= 15 is 0 Å². The Kier molecular flexibility index (Phi) is 7.58. The van der Waals surface area contributed by atoms with E-state index in [4.69, 9.17) is 4.74 Å². The highest BCUT2D eigenvalue weighted by Gasteiger charge is 2.09. The average molecular weight is 386 g/mol. The van der Waals surface area contributed by atoms with Crippen molar-refractivity contribution < 1.29 is 9.53 Å². The summed E-state index contributed by atoms with van der Waals surface area (Å²) in [6, 6.07) is 27.6. The van der Waals surface area contributed by atoms with E-state index in [1.165, 1.54) is 0 Å². The number of hydrogen-bond donors (Lipinski definition) is 1. The van der Waals surface area contributed by atoms with Gasteiger partial charge in [0.2, 0.25) is 0 Å². The van der Waals surface area contributed by atoms with Crippen LogP contribution in [0.15, 0.2) is 90.0 Å². The van der Waals surface area contributed by atoms with Crippen LogP contribution in [0.25, 0.3) is 11.1 Å². The third-order valence-corrected chi connectivity index (χ3v) is 4.52. The average Bonchev–Trinajstić information content (AvgIpc) is 2.79. The zero-order chi connectivity index (χ0) is 20.3. The fraction of sp³-hybridized carbons (Fsp3) is 0.200. The molecule has 3 aromatic rings. The highest BCUT2D eigenvalue weighted by atomic mass is 16.5. The number of hydrogen-bond acceptors (Lipinski definition) is 3. The van der Waals surface area contributed by atoms with Crippen LogP contribution in [0, 0.1) is 0 Å². The first kappa shape index (κ1) is 20.3. The summed E-state index contributed by atoms with van der Waals surface area (Å²) in [5, 5.41) is 4.36. The van der Waals surface area contributed by atoms with Gasteiger partial charge in [0.1, 0.15) is 5.75 Å². The predicted octanol–water partition coefficient (Wildman–Crippen LogP) is 5.44. The maximum atomic E-state index is 12.3. The maximum absolute atomic E-state index is 12.3. The zero-order valence-corrected chi connectivity index (χ0v) is 16.7. The smallest absolute Gasteiger partial charge is 0.277 e. The van der Waals surface area contributed by atoms with Gasteiger partial charge in [0, 0.05) is 5.56 Å². The van der Waals surface area contributed by atoms with Crippen molar-refractivity contribution in [3.05, 3.63) is 90.5 Å². The number of rotatable bonds is 9. The van der Waals surface area contributed by atoms with E-state index in [2.05, 4.69) is 17.5 Å². The summed E-state index contributed by atoms with van der Waals surface area (Å²) in [7, 11) is 0. The quantitative estimate of drug-likeness (QED) is 0.393. The molecule has 0 fully saturated rings. The monoisotopic (exact) mass is 386 g/mol. The van der Waals surface area contributed by atoms with Crippen molar-refractivity contribution in [3.8, 4) is 16.9 Å². The van der Waals surface area contributed by atoms with Gasteiger partial charge in [-0.15, -0.1) is 0 Å². The molecule has 4 heteroatoms. The first-order valence-corrected chi connectivity index (χ1v) is 9.96. The summed E-state index contributed by atoms with van der Waals surface area (Å²) in [6.07, 6.45) is 2.90. The van der Waals surface area contributed by atoms with Crippen LogP contribution < -0.4 is 10.2 Å². The molecular weight excluding hydrogens is 360 g/mol. The van der Waals surface area contributed by atoms with Crippen molar-refractivity contribution in [2.75, 3.05) is 6.61 Å². The lowest BCUT2D eigenvalue weighted by Crippen LogP contribution is -2.26. The zero-order valence-electron chi connectivity index (χ0n) is 16.7. The number of para-hydroxylation sites is 1. The molecule has 0 atom stereocenters. The number of ether oxygens (including phenoxy) is 1. The van der Waals surface area contributed by atoms with Crippen LogP contribution >= 0.6 is 0 Å². The van der Waals surface area contributed by atoms with Gasteiger partial charge in [0.25, 0.3) is 5.91 Å². The largest absolute Gasteiger partial charge is 0.483 e. The van der Waals surface area contributed by atoms with Crippen molar-refractivity contribution in [2.45, 2.75) is 26.2 Å². The molecule has 1 amide bonds. The fourth-order valence-corrected chi connectivity index (χ4v) is 2.99.